The van der Waals surface area contributed by atoms with Gasteiger partial charge in [-0.05, 0) is 31.2 Å². The van der Waals surface area contributed by atoms with Crippen LogP contribution in [0.5, 0.6) is 5.75 Å². The second kappa shape index (κ2) is 6.85. The Labute approximate surface area is 135 Å². The van der Waals surface area contributed by atoms with E-state index in [9.17, 15) is 0 Å². The number of thioether (sulfide) groups is 1. The van der Waals surface area contributed by atoms with E-state index in [1.54, 1.807) is 24.3 Å². The summed E-state index contributed by atoms with van der Waals surface area (Å²) in [5.74, 6) is 2.44. The number of hydrogen-bond donors (Lipinski definition) is 0. The zero-order chi connectivity index (χ0) is 15.4. The largest absolute Gasteiger partial charge is 0.484 e. The van der Waals surface area contributed by atoms with Gasteiger partial charge in [0.2, 0.25) is 0 Å². The molecule has 0 fully saturated rings. The van der Waals surface area contributed by atoms with Crippen molar-refractivity contribution in [1.29, 1.82) is 0 Å². The van der Waals surface area contributed by atoms with Crippen molar-refractivity contribution >= 4 is 23.4 Å². The quantitative estimate of drug-likeness (QED) is 0.631. The van der Waals surface area contributed by atoms with Crippen molar-refractivity contribution in [1.82, 2.24) is 15.4 Å². The minimum atomic E-state index is 0.205. The monoisotopic (exact) mass is 337 g/mol. The van der Waals surface area contributed by atoms with Crippen LogP contribution in [-0.4, -0.2) is 15.4 Å². The summed E-state index contributed by atoms with van der Waals surface area (Å²) in [6.45, 7) is 2.08. The van der Waals surface area contributed by atoms with E-state index in [0.717, 1.165) is 11.5 Å². The average Bonchev–Trinajstić information content (AvgIpc) is 3.13. The molecular weight excluding hydrogens is 326 g/mol. The standard InChI is InChI=1S/C14H12ClN3O3S/c1-9-6-12(21-18-9)8-22-14-17-16-13(20-14)7-19-11-4-2-10(15)3-5-11/h2-6H,7-8H2,1H3. The molecule has 0 bridgehead atoms. The first-order valence-electron chi connectivity index (χ1n) is 6.45. The van der Waals surface area contributed by atoms with E-state index in [1.165, 1.54) is 11.8 Å². The van der Waals surface area contributed by atoms with E-state index in [2.05, 4.69) is 15.4 Å². The van der Waals surface area contributed by atoms with E-state index in [-0.39, 0.29) is 6.61 Å². The molecule has 3 rings (SSSR count). The normalized spacial score (nSPS) is 10.8. The Balaban J connectivity index is 1.51. The van der Waals surface area contributed by atoms with Gasteiger partial charge in [-0.15, -0.1) is 10.2 Å². The Morgan fingerprint density at radius 1 is 1.23 bits per heavy atom. The fourth-order valence-corrected chi connectivity index (χ4v) is 2.43. The summed E-state index contributed by atoms with van der Waals surface area (Å²) < 4.78 is 16.1. The predicted molar refractivity (Wildman–Crippen MR) is 80.9 cm³/mol. The Morgan fingerprint density at radius 3 is 2.77 bits per heavy atom. The van der Waals surface area contributed by atoms with Crippen LogP contribution in [0.4, 0.5) is 0 Å². The lowest BCUT2D eigenvalue weighted by molar-refractivity contribution is 0.252. The van der Waals surface area contributed by atoms with Crippen LogP contribution in [0.1, 0.15) is 17.3 Å². The molecule has 0 amide bonds. The highest BCUT2D eigenvalue weighted by atomic mass is 35.5. The molecule has 0 aliphatic heterocycles. The summed E-state index contributed by atoms with van der Waals surface area (Å²) >= 11 is 7.19. The van der Waals surface area contributed by atoms with Gasteiger partial charge in [0.25, 0.3) is 11.1 Å². The van der Waals surface area contributed by atoms with Crippen LogP contribution in [0.3, 0.4) is 0 Å². The van der Waals surface area contributed by atoms with Crippen LogP contribution in [0, 0.1) is 6.92 Å². The molecule has 0 aliphatic carbocycles. The topological polar surface area (TPSA) is 74.2 Å². The Kier molecular flexibility index (Phi) is 4.65. The lowest BCUT2D eigenvalue weighted by Crippen LogP contribution is -1.95. The third-order valence-electron chi connectivity index (χ3n) is 2.64. The van der Waals surface area contributed by atoms with Crippen LogP contribution in [-0.2, 0) is 12.4 Å². The molecule has 8 heteroatoms. The molecule has 0 spiro atoms. The number of hydrogen-bond acceptors (Lipinski definition) is 7. The lowest BCUT2D eigenvalue weighted by atomic mass is 10.3. The smallest absolute Gasteiger partial charge is 0.277 e. The number of aromatic nitrogens is 3. The first kappa shape index (κ1) is 14.9. The first-order chi connectivity index (χ1) is 10.7. The predicted octanol–water partition coefficient (Wildman–Crippen LogP) is 3.89. The minimum Gasteiger partial charge on any atom is -0.484 e. The van der Waals surface area contributed by atoms with Gasteiger partial charge in [0.15, 0.2) is 6.61 Å². The van der Waals surface area contributed by atoms with Gasteiger partial charge in [-0.25, -0.2) is 0 Å². The number of benzene rings is 1. The molecule has 2 heterocycles. The second-order valence-corrected chi connectivity index (χ2v) is 5.79. The third-order valence-corrected chi connectivity index (χ3v) is 3.73. The third kappa shape index (κ3) is 4.02. The molecule has 0 atom stereocenters. The zero-order valence-corrected chi connectivity index (χ0v) is 13.2. The van der Waals surface area contributed by atoms with Crippen molar-refractivity contribution in [3.8, 4) is 5.75 Å². The van der Waals surface area contributed by atoms with Gasteiger partial charge in [-0.2, -0.15) is 0 Å². The highest BCUT2D eigenvalue weighted by Crippen LogP contribution is 2.22. The van der Waals surface area contributed by atoms with Crippen LogP contribution >= 0.6 is 23.4 Å². The van der Waals surface area contributed by atoms with Crippen molar-refractivity contribution in [2.24, 2.45) is 0 Å². The SMILES string of the molecule is Cc1cc(CSc2nnc(COc3ccc(Cl)cc3)o2)on1. The number of ether oxygens (including phenoxy) is 1. The van der Waals surface area contributed by atoms with Crippen LogP contribution in [0.25, 0.3) is 0 Å². The first-order valence-corrected chi connectivity index (χ1v) is 7.81. The fraction of sp³-hybridized carbons (Fsp3) is 0.214. The molecule has 0 saturated carbocycles. The van der Waals surface area contributed by atoms with Gasteiger partial charge in [0.05, 0.1) is 11.4 Å². The average molecular weight is 338 g/mol. The van der Waals surface area contributed by atoms with Crippen LogP contribution in [0.2, 0.25) is 5.02 Å². The van der Waals surface area contributed by atoms with Gasteiger partial charge < -0.3 is 13.7 Å². The summed E-state index contributed by atoms with van der Waals surface area (Å²) in [4.78, 5) is 0. The van der Waals surface area contributed by atoms with Crippen LogP contribution < -0.4 is 4.74 Å². The number of halogens is 1. The summed E-state index contributed by atoms with van der Waals surface area (Å²) in [6.07, 6.45) is 0. The van der Waals surface area contributed by atoms with E-state index in [4.69, 9.17) is 25.3 Å². The molecule has 114 valence electrons. The van der Waals surface area contributed by atoms with Gasteiger partial charge in [-0.1, -0.05) is 28.5 Å². The lowest BCUT2D eigenvalue weighted by Gasteiger charge is -2.02. The van der Waals surface area contributed by atoms with Crippen molar-refractivity contribution in [2.45, 2.75) is 24.5 Å². The van der Waals surface area contributed by atoms with E-state index >= 15 is 0 Å². The number of rotatable bonds is 6. The minimum absolute atomic E-state index is 0.205. The van der Waals surface area contributed by atoms with Gasteiger partial charge in [0, 0.05) is 11.1 Å². The van der Waals surface area contributed by atoms with Crippen molar-refractivity contribution in [3.05, 3.63) is 52.7 Å². The zero-order valence-electron chi connectivity index (χ0n) is 11.7. The Hall–Kier alpha value is -1.99. The maximum Gasteiger partial charge on any atom is 0.277 e. The molecule has 22 heavy (non-hydrogen) atoms. The maximum atomic E-state index is 5.81. The van der Waals surface area contributed by atoms with Gasteiger partial charge >= 0.3 is 0 Å². The molecule has 0 aliphatic rings. The molecule has 0 radical (unpaired) electrons. The summed E-state index contributed by atoms with van der Waals surface area (Å²) in [6, 6.07) is 8.94. The van der Waals surface area contributed by atoms with E-state index in [1.807, 2.05) is 13.0 Å². The molecule has 3 aromatic rings. The van der Waals surface area contributed by atoms with Gasteiger partial charge in [0.1, 0.15) is 11.5 Å². The second-order valence-electron chi connectivity index (χ2n) is 4.43. The molecule has 2 aromatic heterocycles. The molecule has 0 N–H and O–H groups in total. The molecule has 1 aromatic carbocycles. The van der Waals surface area contributed by atoms with Crippen molar-refractivity contribution in [3.63, 3.8) is 0 Å². The molecular formula is C14H12ClN3O3S. The number of nitrogens with zero attached hydrogens (tertiary/aromatic N) is 3. The van der Waals surface area contributed by atoms with Crippen molar-refractivity contribution in [2.75, 3.05) is 0 Å². The van der Waals surface area contributed by atoms with Crippen LogP contribution in [0.15, 0.2) is 44.5 Å². The maximum absolute atomic E-state index is 5.81. The summed E-state index contributed by atoms with van der Waals surface area (Å²) in [5, 5.41) is 12.8. The summed E-state index contributed by atoms with van der Waals surface area (Å²) in [5.41, 5.74) is 0.846. The Morgan fingerprint density at radius 2 is 2.05 bits per heavy atom. The summed E-state index contributed by atoms with van der Waals surface area (Å²) in [7, 11) is 0. The number of aryl methyl sites for hydroxylation is 1. The van der Waals surface area contributed by atoms with Gasteiger partial charge in [-0.3, -0.25) is 0 Å². The van der Waals surface area contributed by atoms with Crippen molar-refractivity contribution < 1.29 is 13.7 Å². The highest BCUT2D eigenvalue weighted by Gasteiger charge is 2.09. The molecule has 6 nitrogen and oxygen atoms in total. The van der Waals surface area contributed by atoms with E-state index in [0.29, 0.717) is 27.6 Å². The van der Waals surface area contributed by atoms with E-state index < -0.39 is 0 Å². The Bertz CT molecular complexity index is 742. The molecule has 0 saturated heterocycles. The highest BCUT2D eigenvalue weighted by molar-refractivity contribution is 7.98. The molecule has 0 unspecified atom stereocenters. The fourth-order valence-electron chi connectivity index (χ4n) is 1.65.